The molecule has 5 heteroatoms. The lowest BCUT2D eigenvalue weighted by Crippen LogP contribution is -2.23. The van der Waals surface area contributed by atoms with Crippen molar-refractivity contribution in [2.75, 3.05) is 26.9 Å². The Balaban J connectivity index is 2.59. The lowest BCUT2D eigenvalue weighted by Gasteiger charge is -2.15. The number of hydrogen-bond donors (Lipinski definition) is 2. The van der Waals surface area contributed by atoms with Crippen molar-refractivity contribution in [3.63, 3.8) is 0 Å². The molecule has 0 radical (unpaired) electrons. The maximum atomic E-state index is 9.58. The Bertz CT molecular complexity index is 374. The molecule has 1 unspecified atom stereocenters. The highest BCUT2D eigenvalue weighted by Gasteiger charge is 2.08. The molecular formula is C14H22ClNO3. The summed E-state index contributed by atoms with van der Waals surface area (Å²) in [5.74, 6) is 0.739. The number of hydrogen-bond acceptors (Lipinski definition) is 4. The topological polar surface area (TPSA) is 50.7 Å². The van der Waals surface area contributed by atoms with Crippen LogP contribution in [0.15, 0.2) is 18.2 Å². The zero-order valence-corrected chi connectivity index (χ0v) is 12.2. The summed E-state index contributed by atoms with van der Waals surface area (Å²) >= 11 is 5.99. The van der Waals surface area contributed by atoms with Gasteiger partial charge in [-0.2, -0.15) is 0 Å². The highest BCUT2D eigenvalue weighted by Crippen LogP contribution is 2.23. The molecule has 0 aliphatic carbocycles. The Morgan fingerprint density at radius 1 is 1.37 bits per heavy atom. The van der Waals surface area contributed by atoms with Crippen molar-refractivity contribution in [1.29, 1.82) is 0 Å². The van der Waals surface area contributed by atoms with E-state index in [0.29, 0.717) is 11.6 Å². The number of rotatable bonds is 9. The summed E-state index contributed by atoms with van der Waals surface area (Å²) in [6.45, 7) is 4.22. The molecule has 0 aliphatic rings. The van der Waals surface area contributed by atoms with Crippen LogP contribution < -0.4 is 10.1 Å². The zero-order valence-electron chi connectivity index (χ0n) is 11.5. The number of nitrogens with one attached hydrogen (secondary N) is 1. The fourth-order valence-corrected chi connectivity index (χ4v) is 1.85. The molecular weight excluding hydrogens is 266 g/mol. The smallest absolute Gasteiger partial charge is 0.124 e. The van der Waals surface area contributed by atoms with Crippen molar-refractivity contribution in [2.24, 2.45) is 0 Å². The molecule has 0 amide bonds. The number of methoxy groups -OCH3 is 1. The average molecular weight is 288 g/mol. The minimum absolute atomic E-state index is 0.205. The van der Waals surface area contributed by atoms with Gasteiger partial charge in [-0.15, -0.1) is 0 Å². The molecule has 0 heterocycles. The van der Waals surface area contributed by atoms with Gasteiger partial charge >= 0.3 is 0 Å². The monoisotopic (exact) mass is 287 g/mol. The maximum absolute atomic E-state index is 9.58. The first-order valence-electron chi connectivity index (χ1n) is 6.46. The summed E-state index contributed by atoms with van der Waals surface area (Å²) in [6.07, 6.45) is 0.445. The van der Waals surface area contributed by atoms with Crippen LogP contribution in [0.4, 0.5) is 0 Å². The first-order chi connectivity index (χ1) is 9.17. The van der Waals surface area contributed by atoms with Crippen LogP contribution in [0.1, 0.15) is 18.9 Å². The third-order valence-electron chi connectivity index (χ3n) is 2.56. The van der Waals surface area contributed by atoms with Gasteiger partial charge in [0.2, 0.25) is 0 Å². The van der Waals surface area contributed by atoms with E-state index in [2.05, 4.69) is 12.2 Å². The largest absolute Gasteiger partial charge is 0.490 e. The molecule has 2 N–H and O–H groups in total. The Labute approximate surface area is 119 Å². The summed E-state index contributed by atoms with van der Waals surface area (Å²) in [7, 11) is 1.55. The highest BCUT2D eigenvalue weighted by molar-refractivity contribution is 6.30. The van der Waals surface area contributed by atoms with E-state index >= 15 is 0 Å². The summed E-state index contributed by atoms with van der Waals surface area (Å²) < 4.78 is 10.5. The molecule has 1 atom stereocenters. The van der Waals surface area contributed by atoms with Gasteiger partial charge in [0.25, 0.3) is 0 Å². The molecule has 1 aromatic carbocycles. The standard InChI is InChI=1S/C14H22ClNO3/c1-3-6-16-8-11-7-12(15)4-5-14(11)19-10-13(17)9-18-2/h4-5,7,13,16-17H,3,6,8-10H2,1-2H3. The minimum atomic E-state index is -0.628. The molecule has 4 nitrogen and oxygen atoms in total. The highest BCUT2D eigenvalue weighted by atomic mass is 35.5. The van der Waals surface area contributed by atoms with Crippen LogP contribution in [0, 0.1) is 0 Å². The van der Waals surface area contributed by atoms with Crippen LogP contribution in [0.25, 0.3) is 0 Å². The summed E-state index contributed by atoms with van der Waals surface area (Å²) in [4.78, 5) is 0. The van der Waals surface area contributed by atoms with E-state index in [1.54, 1.807) is 13.2 Å². The molecule has 0 saturated heterocycles. The minimum Gasteiger partial charge on any atom is -0.490 e. The maximum Gasteiger partial charge on any atom is 0.124 e. The number of halogens is 1. The van der Waals surface area contributed by atoms with E-state index in [1.807, 2.05) is 12.1 Å². The van der Waals surface area contributed by atoms with Crippen LogP contribution >= 0.6 is 11.6 Å². The van der Waals surface area contributed by atoms with Gasteiger partial charge in [-0.1, -0.05) is 18.5 Å². The molecule has 0 saturated carbocycles. The van der Waals surface area contributed by atoms with Crippen molar-refractivity contribution in [3.05, 3.63) is 28.8 Å². The van der Waals surface area contributed by atoms with Gasteiger partial charge in [0.05, 0.1) is 6.61 Å². The summed E-state index contributed by atoms with van der Waals surface area (Å²) in [5.41, 5.74) is 0.991. The van der Waals surface area contributed by atoms with Gasteiger partial charge in [0, 0.05) is 24.2 Å². The van der Waals surface area contributed by atoms with Gasteiger partial charge in [-0.3, -0.25) is 0 Å². The van der Waals surface area contributed by atoms with Crippen LogP contribution in [-0.4, -0.2) is 38.1 Å². The van der Waals surface area contributed by atoms with Gasteiger partial charge in [-0.05, 0) is 31.2 Å². The second-order valence-electron chi connectivity index (χ2n) is 4.35. The Morgan fingerprint density at radius 3 is 2.84 bits per heavy atom. The van der Waals surface area contributed by atoms with Gasteiger partial charge in [0.1, 0.15) is 18.5 Å². The molecule has 0 spiro atoms. The molecule has 1 aromatic rings. The molecule has 0 aromatic heterocycles. The van der Waals surface area contributed by atoms with E-state index in [0.717, 1.165) is 24.3 Å². The van der Waals surface area contributed by atoms with Crippen molar-refractivity contribution in [1.82, 2.24) is 5.32 Å². The van der Waals surface area contributed by atoms with Crippen LogP contribution in [-0.2, 0) is 11.3 Å². The quantitative estimate of drug-likeness (QED) is 0.684. The van der Waals surface area contributed by atoms with Crippen molar-refractivity contribution in [2.45, 2.75) is 26.0 Å². The van der Waals surface area contributed by atoms with Gasteiger partial charge in [0.15, 0.2) is 0 Å². The summed E-state index contributed by atoms with van der Waals surface area (Å²) in [5, 5.41) is 13.6. The molecule has 0 fully saturated rings. The Morgan fingerprint density at radius 2 is 2.16 bits per heavy atom. The number of aliphatic hydroxyl groups excluding tert-OH is 1. The molecule has 0 bridgehead atoms. The predicted molar refractivity (Wildman–Crippen MR) is 76.8 cm³/mol. The first-order valence-corrected chi connectivity index (χ1v) is 6.84. The van der Waals surface area contributed by atoms with Crippen LogP contribution in [0.2, 0.25) is 5.02 Å². The molecule has 0 aliphatic heterocycles. The van der Waals surface area contributed by atoms with Gasteiger partial charge in [-0.25, -0.2) is 0 Å². The van der Waals surface area contributed by atoms with E-state index in [4.69, 9.17) is 21.1 Å². The second-order valence-corrected chi connectivity index (χ2v) is 4.79. The number of ether oxygens (including phenoxy) is 2. The first kappa shape index (κ1) is 16.2. The normalized spacial score (nSPS) is 12.4. The van der Waals surface area contributed by atoms with E-state index in [9.17, 15) is 5.11 Å². The third kappa shape index (κ3) is 6.25. The Hall–Kier alpha value is -0.810. The molecule has 108 valence electrons. The van der Waals surface area contributed by atoms with Crippen LogP contribution in [0.3, 0.4) is 0 Å². The number of aliphatic hydroxyl groups is 1. The van der Waals surface area contributed by atoms with E-state index in [1.165, 1.54) is 0 Å². The number of benzene rings is 1. The lowest BCUT2D eigenvalue weighted by atomic mass is 10.2. The fourth-order valence-electron chi connectivity index (χ4n) is 1.65. The van der Waals surface area contributed by atoms with Gasteiger partial charge < -0.3 is 19.9 Å². The van der Waals surface area contributed by atoms with Crippen molar-refractivity contribution >= 4 is 11.6 Å². The third-order valence-corrected chi connectivity index (χ3v) is 2.79. The SMILES string of the molecule is CCCNCc1cc(Cl)ccc1OCC(O)COC. The zero-order chi connectivity index (χ0) is 14.1. The van der Waals surface area contributed by atoms with Crippen molar-refractivity contribution < 1.29 is 14.6 Å². The molecule has 19 heavy (non-hydrogen) atoms. The van der Waals surface area contributed by atoms with Crippen LogP contribution in [0.5, 0.6) is 5.75 Å². The fraction of sp³-hybridized carbons (Fsp3) is 0.571. The lowest BCUT2D eigenvalue weighted by molar-refractivity contribution is 0.0323. The predicted octanol–water partition coefficient (Wildman–Crippen LogP) is 2.23. The summed E-state index contributed by atoms with van der Waals surface area (Å²) in [6, 6.07) is 5.48. The second kappa shape index (κ2) is 9.15. The average Bonchev–Trinajstić information content (AvgIpc) is 2.38. The van der Waals surface area contributed by atoms with E-state index in [-0.39, 0.29) is 13.2 Å². The molecule has 1 rings (SSSR count). The van der Waals surface area contributed by atoms with Crippen molar-refractivity contribution in [3.8, 4) is 5.75 Å². The van der Waals surface area contributed by atoms with E-state index < -0.39 is 6.10 Å². The Kier molecular flexibility index (Phi) is 7.82.